The topological polar surface area (TPSA) is 93.8 Å². The van der Waals surface area contributed by atoms with E-state index in [0.717, 1.165) is 0 Å². The summed E-state index contributed by atoms with van der Waals surface area (Å²) in [4.78, 5) is 22.1. The van der Waals surface area contributed by atoms with Gasteiger partial charge in [0.05, 0.1) is 0 Å². The van der Waals surface area contributed by atoms with Crippen molar-refractivity contribution >= 4 is 5.97 Å². The van der Waals surface area contributed by atoms with Crippen LogP contribution in [0.3, 0.4) is 0 Å². The molecule has 76 valence electrons. The molecule has 1 N–H and O–H groups in total. The molecule has 7 heteroatoms. The van der Waals surface area contributed by atoms with Crippen molar-refractivity contribution in [2.75, 3.05) is 0 Å². The van der Waals surface area contributed by atoms with E-state index < -0.39 is 5.97 Å². The van der Waals surface area contributed by atoms with Crippen molar-refractivity contribution in [1.82, 2.24) is 24.7 Å². The van der Waals surface area contributed by atoms with E-state index in [1.54, 1.807) is 18.5 Å². The van der Waals surface area contributed by atoms with Crippen LogP contribution in [-0.2, 0) is 6.54 Å². The van der Waals surface area contributed by atoms with Gasteiger partial charge in [-0.25, -0.2) is 24.4 Å². The zero-order valence-electron chi connectivity index (χ0n) is 7.61. The number of hydrogen-bond donors (Lipinski definition) is 1. The van der Waals surface area contributed by atoms with E-state index >= 15 is 0 Å². The van der Waals surface area contributed by atoms with Crippen molar-refractivity contribution in [3.05, 3.63) is 36.4 Å². The summed E-state index contributed by atoms with van der Waals surface area (Å²) in [5.41, 5.74) is 0. The maximum Gasteiger partial charge on any atom is 0.375 e. The molecule has 0 fully saturated rings. The molecule has 15 heavy (non-hydrogen) atoms. The second-order valence-electron chi connectivity index (χ2n) is 2.74. The summed E-state index contributed by atoms with van der Waals surface area (Å²) in [5, 5.41) is 12.3. The predicted octanol–water partition coefficient (Wildman–Crippen LogP) is -0.185. The van der Waals surface area contributed by atoms with Gasteiger partial charge in [0.15, 0.2) is 0 Å². The van der Waals surface area contributed by atoms with E-state index in [-0.39, 0.29) is 5.82 Å². The predicted molar refractivity (Wildman–Crippen MR) is 48.1 cm³/mol. The van der Waals surface area contributed by atoms with Gasteiger partial charge in [-0.1, -0.05) is 0 Å². The van der Waals surface area contributed by atoms with Crippen LogP contribution in [-0.4, -0.2) is 35.8 Å². The maximum absolute atomic E-state index is 10.5. The first-order chi connectivity index (χ1) is 7.25. The van der Waals surface area contributed by atoms with E-state index in [4.69, 9.17) is 5.11 Å². The molecule has 0 aliphatic carbocycles. The monoisotopic (exact) mass is 205 g/mol. The Labute approximate surface area is 84.4 Å². The molecule has 0 aliphatic rings. The van der Waals surface area contributed by atoms with Crippen molar-refractivity contribution in [2.24, 2.45) is 0 Å². The van der Waals surface area contributed by atoms with Gasteiger partial charge in [-0.15, -0.1) is 5.10 Å². The molecule has 2 aromatic heterocycles. The summed E-state index contributed by atoms with van der Waals surface area (Å²) in [6.45, 7) is 0.307. The molecule has 2 aromatic rings. The van der Waals surface area contributed by atoms with Crippen molar-refractivity contribution in [1.29, 1.82) is 0 Å². The molecule has 7 nitrogen and oxygen atoms in total. The van der Waals surface area contributed by atoms with Gasteiger partial charge >= 0.3 is 5.97 Å². The smallest absolute Gasteiger partial charge is 0.375 e. The van der Waals surface area contributed by atoms with Gasteiger partial charge in [0, 0.05) is 12.4 Å². The third-order valence-corrected chi connectivity index (χ3v) is 1.65. The van der Waals surface area contributed by atoms with Crippen molar-refractivity contribution < 1.29 is 9.90 Å². The first-order valence-corrected chi connectivity index (χ1v) is 4.14. The highest BCUT2D eigenvalue weighted by Crippen LogP contribution is 1.94. The molecule has 0 spiro atoms. The summed E-state index contributed by atoms with van der Waals surface area (Å²) in [5.74, 6) is -0.826. The number of aromatic carboxylic acids is 1. The fourth-order valence-electron chi connectivity index (χ4n) is 1.03. The maximum atomic E-state index is 10.5. The number of hydrogen-bond acceptors (Lipinski definition) is 5. The van der Waals surface area contributed by atoms with Crippen LogP contribution in [0.5, 0.6) is 0 Å². The molecular weight excluding hydrogens is 198 g/mol. The van der Waals surface area contributed by atoms with E-state index in [0.29, 0.717) is 12.4 Å². The van der Waals surface area contributed by atoms with E-state index in [1.807, 2.05) is 0 Å². The molecule has 0 bridgehead atoms. The highest BCUT2D eigenvalue weighted by atomic mass is 16.4. The third-order valence-electron chi connectivity index (χ3n) is 1.65. The van der Waals surface area contributed by atoms with Crippen LogP contribution in [0.4, 0.5) is 0 Å². The summed E-state index contributed by atoms with van der Waals surface area (Å²) in [6, 6.07) is 1.70. The van der Waals surface area contributed by atoms with Gasteiger partial charge in [-0.2, -0.15) is 0 Å². The fourth-order valence-corrected chi connectivity index (χ4v) is 1.03. The van der Waals surface area contributed by atoms with Crippen LogP contribution in [0.25, 0.3) is 0 Å². The molecule has 2 rings (SSSR count). The SMILES string of the molecule is O=C(O)c1ncn(Cc2ncccn2)n1. The first kappa shape index (κ1) is 9.25. The summed E-state index contributed by atoms with van der Waals surface area (Å²) >= 11 is 0. The Balaban J connectivity index is 2.15. The van der Waals surface area contributed by atoms with Crippen molar-refractivity contribution in [3.8, 4) is 0 Å². The molecule has 0 atom stereocenters. The minimum Gasteiger partial charge on any atom is -0.475 e. The number of nitrogens with zero attached hydrogens (tertiary/aromatic N) is 5. The van der Waals surface area contributed by atoms with Crippen LogP contribution in [0.2, 0.25) is 0 Å². The Morgan fingerprint density at radius 2 is 2.07 bits per heavy atom. The molecule has 0 amide bonds. The quantitative estimate of drug-likeness (QED) is 0.746. The highest BCUT2D eigenvalue weighted by molar-refractivity contribution is 5.82. The molecule has 2 heterocycles. The average Bonchev–Trinajstić information content (AvgIpc) is 2.68. The third kappa shape index (κ3) is 2.13. The largest absolute Gasteiger partial charge is 0.475 e. The van der Waals surface area contributed by atoms with Gasteiger partial charge in [0.1, 0.15) is 18.7 Å². The summed E-state index contributed by atoms with van der Waals surface area (Å²) in [7, 11) is 0. The molecule has 0 saturated heterocycles. The average molecular weight is 205 g/mol. The van der Waals surface area contributed by atoms with Crippen LogP contribution in [0.1, 0.15) is 16.4 Å². The lowest BCUT2D eigenvalue weighted by atomic mass is 10.5. The number of rotatable bonds is 3. The molecule has 0 radical (unpaired) electrons. The normalized spacial score (nSPS) is 10.1. The number of carboxylic acids is 1. The Bertz CT molecular complexity index is 467. The minimum atomic E-state index is -1.15. The van der Waals surface area contributed by atoms with Crippen LogP contribution in [0, 0.1) is 0 Å². The summed E-state index contributed by atoms with van der Waals surface area (Å²) < 4.78 is 1.37. The van der Waals surface area contributed by atoms with Crippen molar-refractivity contribution in [3.63, 3.8) is 0 Å². The molecule has 0 saturated carbocycles. The molecule has 0 unspecified atom stereocenters. The van der Waals surface area contributed by atoms with Gasteiger partial charge in [-0.05, 0) is 6.07 Å². The van der Waals surface area contributed by atoms with Gasteiger partial charge in [-0.3, -0.25) is 0 Å². The Morgan fingerprint density at radius 3 is 2.67 bits per heavy atom. The lowest BCUT2D eigenvalue weighted by molar-refractivity contribution is 0.0683. The van der Waals surface area contributed by atoms with Crippen LogP contribution >= 0.6 is 0 Å². The number of carbonyl (C=O) groups is 1. The zero-order chi connectivity index (χ0) is 10.7. The lowest BCUT2D eigenvalue weighted by Gasteiger charge is -1.97. The van der Waals surface area contributed by atoms with Crippen LogP contribution < -0.4 is 0 Å². The Morgan fingerprint density at radius 1 is 1.33 bits per heavy atom. The minimum absolute atomic E-state index is 0.231. The summed E-state index contributed by atoms with van der Waals surface area (Å²) in [6.07, 6.45) is 4.55. The standard InChI is InChI=1S/C8H7N5O2/c14-8(15)7-11-5-13(12-7)4-6-9-2-1-3-10-6/h1-3,5H,4H2,(H,14,15). The van der Waals surface area contributed by atoms with Crippen molar-refractivity contribution in [2.45, 2.75) is 6.54 Å². The molecule has 0 aliphatic heterocycles. The molecular formula is C8H7N5O2. The fraction of sp³-hybridized carbons (Fsp3) is 0.125. The molecule has 0 aromatic carbocycles. The van der Waals surface area contributed by atoms with E-state index in [9.17, 15) is 4.79 Å². The second kappa shape index (κ2) is 3.82. The van der Waals surface area contributed by atoms with Gasteiger partial charge < -0.3 is 5.11 Å². The lowest BCUT2D eigenvalue weighted by Crippen LogP contribution is -2.06. The highest BCUT2D eigenvalue weighted by Gasteiger charge is 2.08. The zero-order valence-corrected chi connectivity index (χ0v) is 7.61. The number of aromatic nitrogens is 5. The number of carboxylic acid groups (broad SMARTS) is 1. The Kier molecular flexibility index (Phi) is 2.36. The first-order valence-electron chi connectivity index (χ1n) is 4.14. The second-order valence-corrected chi connectivity index (χ2v) is 2.74. The van der Waals surface area contributed by atoms with Gasteiger partial charge in [0.2, 0.25) is 0 Å². The van der Waals surface area contributed by atoms with Gasteiger partial charge in [0.25, 0.3) is 5.82 Å². The Hall–Kier alpha value is -2.31. The van der Waals surface area contributed by atoms with Crippen LogP contribution in [0.15, 0.2) is 24.8 Å². The van der Waals surface area contributed by atoms with E-state index in [2.05, 4.69) is 20.1 Å². The van der Waals surface area contributed by atoms with E-state index in [1.165, 1.54) is 11.0 Å².